The van der Waals surface area contributed by atoms with Crippen molar-refractivity contribution in [1.82, 2.24) is 0 Å². The second-order valence-corrected chi connectivity index (χ2v) is 16.1. The molecule has 0 fully saturated rings. The molecule has 0 aromatic carbocycles. The highest BCUT2D eigenvalue weighted by atomic mass is 31.2. The van der Waals surface area contributed by atoms with Crippen LogP contribution in [-0.2, 0) is 27.9 Å². The second-order valence-electron chi connectivity index (χ2n) is 14.7. The number of ether oxygens (including phenoxy) is 2. The zero-order valence-corrected chi connectivity index (χ0v) is 37.4. The summed E-state index contributed by atoms with van der Waals surface area (Å²) in [4.78, 5) is 22.6. The second kappa shape index (κ2) is 44.2. The fourth-order valence-electron chi connectivity index (χ4n) is 5.69. The van der Waals surface area contributed by atoms with Gasteiger partial charge in [-0.15, -0.1) is 0 Å². The van der Waals surface area contributed by atoms with Gasteiger partial charge in [0.15, 0.2) is 0 Å². The summed E-state index contributed by atoms with van der Waals surface area (Å²) in [5.74, 6) is -0.401. The van der Waals surface area contributed by atoms with E-state index in [0.29, 0.717) is 6.61 Å². The number of hydrogen-bond acceptors (Lipinski definition) is 8. The maximum atomic E-state index is 12.6. The van der Waals surface area contributed by atoms with Crippen molar-refractivity contribution in [3.8, 4) is 0 Å². The van der Waals surface area contributed by atoms with Gasteiger partial charge in [0.2, 0.25) is 0 Å². The summed E-state index contributed by atoms with van der Waals surface area (Å²) in [6.07, 6.45) is 54.1. The quantitative estimate of drug-likeness (QED) is 0.0238. The lowest BCUT2D eigenvalue weighted by molar-refractivity contribution is -0.154. The topological polar surface area (TPSA) is 132 Å². The summed E-state index contributed by atoms with van der Waals surface area (Å²) < 4.78 is 33.3. The highest BCUT2D eigenvalue weighted by Crippen LogP contribution is 2.43. The Bertz CT molecular complexity index is 1170. The first-order valence-electron chi connectivity index (χ1n) is 22.6. The fraction of sp³-hybridized carbons (Fsp3) is 0.688. The van der Waals surface area contributed by atoms with Crippen LogP contribution in [0, 0.1) is 0 Å². The molecule has 3 atom stereocenters. The van der Waals surface area contributed by atoms with Crippen LogP contribution in [0.15, 0.2) is 85.1 Å². The largest absolute Gasteiger partial charge is 0.472 e. The van der Waals surface area contributed by atoms with Crippen LogP contribution in [0.4, 0.5) is 0 Å². The molecule has 0 rings (SSSR count). The number of phosphoric ester groups is 1. The van der Waals surface area contributed by atoms with Gasteiger partial charge in [0.1, 0.15) is 12.2 Å². The lowest BCUT2D eigenvalue weighted by atomic mass is 10.0. The maximum absolute atomic E-state index is 12.6. The van der Waals surface area contributed by atoms with E-state index in [1.165, 1.54) is 64.2 Å². The molecule has 334 valence electrons. The van der Waals surface area contributed by atoms with Gasteiger partial charge in [-0.25, -0.2) is 4.57 Å². The Balaban J connectivity index is 4.24. The van der Waals surface area contributed by atoms with Crippen molar-refractivity contribution in [2.24, 2.45) is 0 Å². The summed E-state index contributed by atoms with van der Waals surface area (Å²) in [6.45, 7) is 3.27. The molecule has 0 saturated heterocycles. The molecule has 9 nitrogen and oxygen atoms in total. The third-order valence-electron chi connectivity index (χ3n) is 9.10. The molecule has 0 aromatic rings. The first kappa shape index (κ1) is 55.6. The molecule has 10 heteroatoms. The molecule has 0 bridgehead atoms. The molecule has 0 aliphatic carbocycles. The van der Waals surface area contributed by atoms with Gasteiger partial charge in [0.05, 0.1) is 26.4 Å². The normalized spacial score (nSPS) is 14.8. The van der Waals surface area contributed by atoms with Crippen LogP contribution in [0.1, 0.15) is 168 Å². The summed E-state index contributed by atoms with van der Waals surface area (Å²) in [6, 6.07) is 0. The molecule has 3 unspecified atom stereocenters. The van der Waals surface area contributed by atoms with Gasteiger partial charge in [0.25, 0.3) is 0 Å². The summed E-state index contributed by atoms with van der Waals surface area (Å²) >= 11 is 0. The SMILES string of the molecule is CC/C=C\C/C=C\C/C=C\C/C=C\C/C=C\C/C=C\C/C=C\CCCCOCC(COP(=O)(O)OCC(O)CO)OC(=O)CCCCCCCCCCCCCCC. The molecule has 0 saturated carbocycles. The lowest BCUT2D eigenvalue weighted by Gasteiger charge is -2.20. The van der Waals surface area contributed by atoms with Gasteiger partial charge < -0.3 is 24.6 Å². The van der Waals surface area contributed by atoms with E-state index in [-0.39, 0.29) is 13.0 Å². The highest BCUT2D eigenvalue weighted by molar-refractivity contribution is 7.47. The molecule has 0 aromatic heterocycles. The smallest absolute Gasteiger partial charge is 0.457 e. The van der Waals surface area contributed by atoms with E-state index in [2.05, 4.69) is 98.9 Å². The first-order chi connectivity index (χ1) is 28.3. The number of phosphoric acid groups is 1. The van der Waals surface area contributed by atoms with Crippen LogP contribution in [-0.4, -0.2) is 66.3 Å². The minimum Gasteiger partial charge on any atom is -0.457 e. The Kier molecular flexibility index (Phi) is 42.4. The molecule has 0 aliphatic heterocycles. The molecule has 0 radical (unpaired) electrons. The van der Waals surface area contributed by atoms with Crippen LogP contribution in [0.5, 0.6) is 0 Å². The van der Waals surface area contributed by atoms with Crippen molar-refractivity contribution in [1.29, 1.82) is 0 Å². The standard InChI is InChI=1S/C48H83O9P/c1-3-5-7-9-11-13-15-17-18-19-20-21-22-23-24-25-26-27-29-31-33-35-37-39-41-54-44-47(45-56-58(52,53)55-43-46(50)42-49)57-48(51)40-38-36-34-32-30-28-16-14-12-10-8-6-4-2/h5,7,11,13,17-18,20-21,23-24,26-27,31,33,46-47,49-50H,3-4,6,8-10,12,14-16,19,22,25,28-30,32,34-45H2,1-2H3,(H,52,53)/b7-5-,13-11-,18-17-,21-20-,24-23-,27-26-,33-31-. The summed E-state index contributed by atoms with van der Waals surface area (Å²) in [5.41, 5.74) is 0. The third-order valence-corrected chi connectivity index (χ3v) is 10.0. The molecular formula is C48H83O9P. The Hall–Kier alpha value is -2.36. The maximum Gasteiger partial charge on any atom is 0.472 e. The van der Waals surface area contributed by atoms with Crippen LogP contribution in [0.2, 0.25) is 0 Å². The van der Waals surface area contributed by atoms with E-state index >= 15 is 0 Å². The Morgan fingerprint density at radius 1 is 0.552 bits per heavy atom. The molecule has 3 N–H and O–H groups in total. The van der Waals surface area contributed by atoms with Crippen LogP contribution in [0.3, 0.4) is 0 Å². The minimum absolute atomic E-state index is 0.0160. The molecule has 58 heavy (non-hydrogen) atoms. The Labute approximate surface area is 354 Å². The Morgan fingerprint density at radius 3 is 1.45 bits per heavy atom. The van der Waals surface area contributed by atoms with Crippen molar-refractivity contribution in [3.63, 3.8) is 0 Å². The van der Waals surface area contributed by atoms with Crippen molar-refractivity contribution in [3.05, 3.63) is 85.1 Å². The number of hydrogen-bond donors (Lipinski definition) is 3. The number of carbonyl (C=O) groups is 1. The molecule has 0 aliphatic rings. The predicted octanol–water partition coefficient (Wildman–Crippen LogP) is 12.7. The summed E-state index contributed by atoms with van der Waals surface area (Å²) in [5, 5.41) is 18.4. The lowest BCUT2D eigenvalue weighted by Crippen LogP contribution is -2.29. The number of unbranched alkanes of at least 4 members (excludes halogenated alkanes) is 14. The summed E-state index contributed by atoms with van der Waals surface area (Å²) in [7, 11) is -4.53. The molecule has 0 heterocycles. The number of allylic oxidation sites excluding steroid dienone is 14. The van der Waals surface area contributed by atoms with E-state index < -0.39 is 45.8 Å². The van der Waals surface area contributed by atoms with Crippen molar-refractivity contribution >= 4 is 13.8 Å². The van der Waals surface area contributed by atoms with Gasteiger partial charge >= 0.3 is 13.8 Å². The fourth-order valence-corrected chi connectivity index (χ4v) is 6.48. The third kappa shape index (κ3) is 43.2. The number of aliphatic hydroxyl groups excluding tert-OH is 2. The number of esters is 1. The van der Waals surface area contributed by atoms with E-state index in [0.717, 1.165) is 83.5 Å². The molecular weight excluding hydrogens is 751 g/mol. The average Bonchev–Trinajstić information content (AvgIpc) is 3.21. The van der Waals surface area contributed by atoms with Crippen molar-refractivity contribution in [2.45, 2.75) is 180 Å². The van der Waals surface area contributed by atoms with Crippen LogP contribution < -0.4 is 0 Å². The van der Waals surface area contributed by atoms with Gasteiger partial charge in [-0.2, -0.15) is 0 Å². The van der Waals surface area contributed by atoms with Gasteiger partial charge in [0, 0.05) is 13.0 Å². The van der Waals surface area contributed by atoms with Crippen molar-refractivity contribution < 1.29 is 43.0 Å². The van der Waals surface area contributed by atoms with Gasteiger partial charge in [-0.05, 0) is 70.6 Å². The number of aliphatic hydroxyl groups is 2. The monoisotopic (exact) mass is 835 g/mol. The van der Waals surface area contributed by atoms with Crippen LogP contribution in [0.25, 0.3) is 0 Å². The average molecular weight is 835 g/mol. The molecule has 0 amide bonds. The van der Waals surface area contributed by atoms with Crippen molar-refractivity contribution in [2.75, 3.05) is 33.0 Å². The van der Waals surface area contributed by atoms with Gasteiger partial charge in [-0.3, -0.25) is 13.8 Å². The van der Waals surface area contributed by atoms with E-state index in [9.17, 15) is 19.4 Å². The number of rotatable bonds is 42. The van der Waals surface area contributed by atoms with Crippen LogP contribution >= 0.6 is 7.82 Å². The van der Waals surface area contributed by atoms with E-state index in [4.69, 9.17) is 23.6 Å². The predicted molar refractivity (Wildman–Crippen MR) is 242 cm³/mol. The highest BCUT2D eigenvalue weighted by Gasteiger charge is 2.26. The zero-order chi connectivity index (χ0) is 42.5. The number of carbonyl (C=O) groups excluding carboxylic acids is 1. The Morgan fingerprint density at radius 2 is 0.983 bits per heavy atom. The zero-order valence-electron chi connectivity index (χ0n) is 36.5. The van der Waals surface area contributed by atoms with E-state index in [1.54, 1.807) is 0 Å². The van der Waals surface area contributed by atoms with Gasteiger partial charge in [-0.1, -0.05) is 176 Å². The van der Waals surface area contributed by atoms with E-state index in [1.807, 2.05) is 0 Å². The minimum atomic E-state index is -4.53. The molecule has 0 spiro atoms. The first-order valence-corrected chi connectivity index (χ1v) is 24.1.